The number of carbonyl (C=O) groups excluding carboxylic acids is 2. The van der Waals surface area contributed by atoms with Crippen LogP contribution in [-0.2, 0) is 22.4 Å². The normalized spacial score (nSPS) is 10.4. The number of benzene rings is 1. The lowest BCUT2D eigenvalue weighted by molar-refractivity contribution is -0.124. The Bertz CT molecular complexity index is 800. The van der Waals surface area contributed by atoms with Gasteiger partial charge in [-0.25, -0.2) is 4.79 Å². The number of hydrogen-bond acceptors (Lipinski definition) is 6. The highest BCUT2D eigenvalue weighted by molar-refractivity contribution is 7.14. The van der Waals surface area contributed by atoms with Gasteiger partial charge in [-0.2, -0.15) is 0 Å². The number of ether oxygens (including phenoxy) is 3. The Morgan fingerprint density at radius 2 is 1.85 bits per heavy atom. The van der Waals surface area contributed by atoms with Gasteiger partial charge in [0.15, 0.2) is 18.1 Å². The average molecular weight is 391 g/mol. The van der Waals surface area contributed by atoms with E-state index >= 15 is 0 Å². The first-order chi connectivity index (χ1) is 13.0. The summed E-state index contributed by atoms with van der Waals surface area (Å²) in [5.41, 5.74) is 2.14. The monoisotopic (exact) mass is 391 g/mol. The van der Waals surface area contributed by atoms with Gasteiger partial charge in [-0.3, -0.25) is 4.79 Å². The van der Waals surface area contributed by atoms with E-state index in [1.165, 1.54) is 11.3 Å². The van der Waals surface area contributed by atoms with E-state index in [0.29, 0.717) is 29.3 Å². The molecule has 7 heteroatoms. The molecule has 0 saturated carbocycles. The second-order valence-electron chi connectivity index (χ2n) is 5.91. The fourth-order valence-corrected chi connectivity index (χ4v) is 3.61. The molecule has 0 radical (unpaired) electrons. The Balaban J connectivity index is 1.77. The van der Waals surface area contributed by atoms with E-state index in [1.54, 1.807) is 14.2 Å². The van der Waals surface area contributed by atoms with Gasteiger partial charge >= 0.3 is 5.97 Å². The van der Waals surface area contributed by atoms with Crippen LogP contribution in [0.4, 0.5) is 0 Å². The van der Waals surface area contributed by atoms with E-state index in [4.69, 9.17) is 14.2 Å². The molecule has 6 nitrogen and oxygen atoms in total. The fourth-order valence-electron chi connectivity index (χ4n) is 2.61. The van der Waals surface area contributed by atoms with Gasteiger partial charge in [-0.05, 0) is 49.1 Å². The third kappa shape index (κ3) is 5.72. The molecule has 146 valence electrons. The van der Waals surface area contributed by atoms with Gasteiger partial charge in [0.25, 0.3) is 5.91 Å². The van der Waals surface area contributed by atoms with Crippen LogP contribution in [0.3, 0.4) is 0 Å². The maximum atomic E-state index is 12.0. The number of aryl methyl sites for hydroxylation is 2. The Labute approximate surface area is 163 Å². The number of methoxy groups -OCH3 is 2. The van der Waals surface area contributed by atoms with Gasteiger partial charge in [0.1, 0.15) is 4.88 Å². The van der Waals surface area contributed by atoms with Crippen LogP contribution < -0.4 is 14.8 Å². The number of nitrogens with one attached hydrogen (secondary N) is 1. The summed E-state index contributed by atoms with van der Waals surface area (Å²) >= 11 is 1.39. The molecule has 1 N–H and O–H groups in total. The van der Waals surface area contributed by atoms with Crippen molar-refractivity contribution in [2.75, 3.05) is 27.4 Å². The van der Waals surface area contributed by atoms with Gasteiger partial charge in [0.05, 0.1) is 14.2 Å². The van der Waals surface area contributed by atoms with Crippen LogP contribution in [0.2, 0.25) is 0 Å². The zero-order valence-corrected chi connectivity index (χ0v) is 16.9. The van der Waals surface area contributed by atoms with E-state index in [1.807, 2.05) is 38.1 Å². The van der Waals surface area contributed by atoms with E-state index in [2.05, 4.69) is 5.32 Å². The van der Waals surface area contributed by atoms with Crippen LogP contribution in [0.15, 0.2) is 24.3 Å². The molecule has 0 atom stereocenters. The summed E-state index contributed by atoms with van der Waals surface area (Å²) in [6.45, 7) is 4.16. The minimum Gasteiger partial charge on any atom is -0.493 e. The number of carbonyl (C=O) groups is 2. The molecule has 0 spiro atoms. The fraction of sp³-hybridized carbons (Fsp3) is 0.400. The number of thiophene rings is 1. The van der Waals surface area contributed by atoms with Crippen molar-refractivity contribution >= 4 is 23.2 Å². The van der Waals surface area contributed by atoms with Crippen molar-refractivity contribution in [3.63, 3.8) is 0 Å². The third-order valence-corrected chi connectivity index (χ3v) is 5.19. The number of rotatable bonds is 9. The average Bonchev–Trinajstić information content (AvgIpc) is 3.06. The van der Waals surface area contributed by atoms with Crippen LogP contribution in [0.1, 0.15) is 32.6 Å². The minimum absolute atomic E-state index is 0.289. The molecular weight excluding hydrogens is 366 g/mol. The van der Waals surface area contributed by atoms with Crippen molar-refractivity contribution in [3.8, 4) is 11.5 Å². The topological polar surface area (TPSA) is 73.9 Å². The van der Waals surface area contributed by atoms with Crippen molar-refractivity contribution in [2.45, 2.75) is 26.7 Å². The lowest BCUT2D eigenvalue weighted by Gasteiger charge is -2.10. The highest BCUT2D eigenvalue weighted by Crippen LogP contribution is 2.27. The van der Waals surface area contributed by atoms with Crippen molar-refractivity contribution in [1.29, 1.82) is 0 Å². The summed E-state index contributed by atoms with van der Waals surface area (Å²) in [6, 6.07) is 7.44. The summed E-state index contributed by atoms with van der Waals surface area (Å²) in [5, 5.41) is 2.75. The van der Waals surface area contributed by atoms with Crippen LogP contribution in [0.25, 0.3) is 0 Å². The molecule has 1 heterocycles. The SMILES string of the molecule is CCc1cc(C(=O)OCC(=O)NCCc2ccc(OC)c(OC)c2)sc1C. The number of amides is 1. The number of hydrogen-bond donors (Lipinski definition) is 1. The first-order valence-electron chi connectivity index (χ1n) is 8.72. The van der Waals surface area contributed by atoms with Gasteiger partial charge < -0.3 is 19.5 Å². The van der Waals surface area contributed by atoms with Crippen molar-refractivity contribution in [3.05, 3.63) is 45.1 Å². The number of esters is 1. The summed E-state index contributed by atoms with van der Waals surface area (Å²) in [6.07, 6.45) is 1.50. The van der Waals surface area contributed by atoms with E-state index in [0.717, 1.165) is 22.4 Å². The van der Waals surface area contributed by atoms with Crippen molar-refractivity contribution in [1.82, 2.24) is 5.32 Å². The molecule has 0 bridgehead atoms. The van der Waals surface area contributed by atoms with E-state index in [9.17, 15) is 9.59 Å². The Kier molecular flexibility index (Phi) is 7.67. The van der Waals surface area contributed by atoms with Crippen LogP contribution in [0.5, 0.6) is 11.5 Å². The second-order valence-corrected chi connectivity index (χ2v) is 7.17. The molecule has 0 aliphatic carbocycles. The molecule has 1 aromatic heterocycles. The largest absolute Gasteiger partial charge is 0.493 e. The Morgan fingerprint density at radius 3 is 2.48 bits per heavy atom. The summed E-state index contributed by atoms with van der Waals surface area (Å²) in [4.78, 5) is 25.6. The lowest BCUT2D eigenvalue weighted by atomic mass is 10.1. The first kappa shape index (κ1) is 20.8. The van der Waals surface area contributed by atoms with E-state index < -0.39 is 5.97 Å². The summed E-state index contributed by atoms with van der Waals surface area (Å²) < 4.78 is 15.6. The molecule has 1 amide bonds. The molecule has 2 rings (SSSR count). The van der Waals surface area contributed by atoms with E-state index in [-0.39, 0.29) is 12.5 Å². The van der Waals surface area contributed by atoms with Crippen molar-refractivity contribution < 1.29 is 23.8 Å². The molecular formula is C20H25NO5S. The molecule has 0 aliphatic heterocycles. The summed E-state index contributed by atoms with van der Waals surface area (Å²) in [7, 11) is 3.16. The first-order valence-corrected chi connectivity index (χ1v) is 9.54. The molecule has 2 aromatic rings. The zero-order valence-electron chi connectivity index (χ0n) is 16.1. The highest BCUT2D eigenvalue weighted by atomic mass is 32.1. The predicted octanol–water partition coefficient (Wildman–Crippen LogP) is 3.15. The second kappa shape index (κ2) is 9.97. The maximum Gasteiger partial charge on any atom is 0.348 e. The smallest absolute Gasteiger partial charge is 0.348 e. The molecule has 1 aromatic carbocycles. The highest BCUT2D eigenvalue weighted by Gasteiger charge is 2.14. The maximum absolute atomic E-state index is 12.0. The third-order valence-electron chi connectivity index (χ3n) is 4.12. The minimum atomic E-state index is -0.460. The molecule has 0 saturated heterocycles. The molecule has 27 heavy (non-hydrogen) atoms. The van der Waals surface area contributed by atoms with Crippen LogP contribution >= 0.6 is 11.3 Å². The van der Waals surface area contributed by atoms with Crippen molar-refractivity contribution in [2.24, 2.45) is 0 Å². The molecule has 0 unspecified atom stereocenters. The quantitative estimate of drug-likeness (QED) is 0.665. The lowest BCUT2D eigenvalue weighted by Crippen LogP contribution is -2.30. The van der Waals surface area contributed by atoms with Crippen LogP contribution in [-0.4, -0.2) is 39.2 Å². The summed E-state index contributed by atoms with van der Waals surface area (Å²) in [5.74, 6) is 0.519. The standard InChI is InChI=1S/C20H25NO5S/c1-5-15-11-18(27-13(15)2)20(23)26-12-19(22)21-9-8-14-6-7-16(24-3)17(10-14)25-4/h6-7,10-11H,5,8-9,12H2,1-4H3,(H,21,22). The zero-order chi connectivity index (χ0) is 19.8. The predicted molar refractivity (Wildman–Crippen MR) is 105 cm³/mol. The Hall–Kier alpha value is -2.54. The van der Waals surface area contributed by atoms with Gasteiger partial charge in [0.2, 0.25) is 0 Å². The van der Waals surface area contributed by atoms with Gasteiger partial charge in [-0.1, -0.05) is 13.0 Å². The molecule has 0 fully saturated rings. The molecule has 0 aliphatic rings. The van der Waals surface area contributed by atoms with Crippen LogP contribution in [0, 0.1) is 6.92 Å². The van der Waals surface area contributed by atoms with Gasteiger partial charge in [0, 0.05) is 11.4 Å². The van der Waals surface area contributed by atoms with Gasteiger partial charge in [-0.15, -0.1) is 11.3 Å². The Morgan fingerprint density at radius 1 is 1.11 bits per heavy atom.